The van der Waals surface area contributed by atoms with Gasteiger partial charge < -0.3 is 19.7 Å². The number of nitrogens with one attached hydrogen (secondary N) is 2. The van der Waals surface area contributed by atoms with E-state index >= 15 is 0 Å². The molecule has 1 rings (SSSR count). The van der Waals surface area contributed by atoms with Crippen molar-refractivity contribution >= 4 is 17.9 Å². The quantitative estimate of drug-likeness (QED) is 0.601. The Balaban J connectivity index is 2.15. The number of urea groups is 1. The molecule has 0 spiro atoms. The molecule has 0 aliphatic carbocycles. The second kappa shape index (κ2) is 7.01. The molecule has 1 heterocycles. The van der Waals surface area contributed by atoms with E-state index in [-0.39, 0.29) is 6.54 Å². The van der Waals surface area contributed by atoms with Gasteiger partial charge >= 0.3 is 12.0 Å². The lowest BCUT2D eigenvalue weighted by Gasteiger charge is -2.04. The number of aliphatic carboxylic acids is 1. The molecule has 0 bridgehead atoms. The second-order valence-corrected chi connectivity index (χ2v) is 3.11. The summed E-state index contributed by atoms with van der Waals surface area (Å²) in [6.07, 6.45) is 1.35. The van der Waals surface area contributed by atoms with Gasteiger partial charge in [0.15, 0.2) is 0 Å². The monoisotopic (exact) mass is 257 g/mol. The minimum atomic E-state index is -1.20. The summed E-state index contributed by atoms with van der Waals surface area (Å²) in [5, 5.41) is 16.1. The normalized spacial score (nSPS) is 9.78. The van der Waals surface area contributed by atoms with Crippen LogP contribution in [0.2, 0.25) is 0 Å². The SMILES string of the molecule is O=C(O)COCC(=O)NC(=O)NCc1ccon1. The van der Waals surface area contributed by atoms with Crippen LogP contribution in [0.1, 0.15) is 5.69 Å². The van der Waals surface area contributed by atoms with E-state index in [1.54, 1.807) is 6.07 Å². The Morgan fingerprint density at radius 3 is 2.78 bits per heavy atom. The van der Waals surface area contributed by atoms with Crippen LogP contribution in [-0.2, 0) is 20.9 Å². The van der Waals surface area contributed by atoms with Gasteiger partial charge in [0.1, 0.15) is 25.2 Å². The first-order chi connectivity index (χ1) is 8.58. The summed E-state index contributed by atoms with van der Waals surface area (Å²) >= 11 is 0. The molecule has 3 amide bonds. The van der Waals surface area contributed by atoms with Crippen molar-refractivity contribution in [2.45, 2.75) is 6.54 Å². The number of hydrogen-bond acceptors (Lipinski definition) is 6. The van der Waals surface area contributed by atoms with Crippen LogP contribution in [0.3, 0.4) is 0 Å². The number of aromatic nitrogens is 1. The second-order valence-electron chi connectivity index (χ2n) is 3.11. The Bertz CT molecular complexity index is 416. The van der Waals surface area contributed by atoms with Crippen LogP contribution in [-0.4, -0.2) is 41.4 Å². The van der Waals surface area contributed by atoms with Crippen molar-refractivity contribution < 1.29 is 28.8 Å². The molecule has 1 aromatic heterocycles. The number of carbonyl (C=O) groups excluding carboxylic acids is 2. The van der Waals surface area contributed by atoms with Crippen LogP contribution in [0.5, 0.6) is 0 Å². The first-order valence-electron chi connectivity index (χ1n) is 4.84. The highest BCUT2D eigenvalue weighted by Crippen LogP contribution is 1.92. The van der Waals surface area contributed by atoms with E-state index in [0.29, 0.717) is 5.69 Å². The van der Waals surface area contributed by atoms with E-state index in [1.807, 2.05) is 5.32 Å². The molecule has 0 aliphatic rings. The zero-order valence-electron chi connectivity index (χ0n) is 9.21. The van der Waals surface area contributed by atoms with Crippen molar-refractivity contribution in [3.63, 3.8) is 0 Å². The van der Waals surface area contributed by atoms with Crippen LogP contribution in [0.25, 0.3) is 0 Å². The summed E-state index contributed by atoms with van der Waals surface area (Å²) in [5.41, 5.74) is 0.500. The fourth-order valence-electron chi connectivity index (χ4n) is 0.938. The van der Waals surface area contributed by atoms with E-state index in [9.17, 15) is 14.4 Å². The van der Waals surface area contributed by atoms with Gasteiger partial charge in [-0.15, -0.1) is 0 Å². The minimum Gasteiger partial charge on any atom is -0.480 e. The van der Waals surface area contributed by atoms with Crippen LogP contribution in [0, 0.1) is 0 Å². The third-order valence-electron chi connectivity index (χ3n) is 1.63. The number of ether oxygens (including phenoxy) is 1. The number of carboxylic acids is 1. The Labute approximate surface area is 101 Å². The van der Waals surface area contributed by atoms with Gasteiger partial charge in [-0.2, -0.15) is 0 Å². The smallest absolute Gasteiger partial charge is 0.329 e. The molecule has 98 valence electrons. The molecule has 9 nitrogen and oxygen atoms in total. The summed E-state index contributed by atoms with van der Waals surface area (Å²) < 4.78 is 9.03. The minimum absolute atomic E-state index is 0.103. The maximum atomic E-state index is 11.2. The molecule has 0 saturated carbocycles. The molecule has 18 heavy (non-hydrogen) atoms. The van der Waals surface area contributed by atoms with E-state index in [4.69, 9.17) is 5.11 Å². The average Bonchev–Trinajstić information content (AvgIpc) is 2.78. The van der Waals surface area contributed by atoms with Gasteiger partial charge in [-0.25, -0.2) is 9.59 Å². The van der Waals surface area contributed by atoms with Gasteiger partial charge in [0, 0.05) is 6.07 Å². The molecule has 0 aromatic carbocycles. The predicted octanol–water partition coefficient (Wildman–Crippen LogP) is -0.898. The summed E-state index contributed by atoms with van der Waals surface area (Å²) in [4.78, 5) is 32.3. The van der Waals surface area contributed by atoms with E-state index < -0.39 is 31.1 Å². The number of carboxylic acid groups (broad SMARTS) is 1. The van der Waals surface area contributed by atoms with Gasteiger partial charge in [-0.1, -0.05) is 5.16 Å². The molecule has 0 atom stereocenters. The van der Waals surface area contributed by atoms with Crippen molar-refractivity contribution in [2.75, 3.05) is 13.2 Å². The molecular formula is C9H11N3O6. The highest BCUT2D eigenvalue weighted by molar-refractivity contribution is 5.94. The fourth-order valence-corrected chi connectivity index (χ4v) is 0.938. The Morgan fingerprint density at radius 1 is 1.39 bits per heavy atom. The van der Waals surface area contributed by atoms with Crippen molar-refractivity contribution in [2.24, 2.45) is 0 Å². The number of rotatable bonds is 6. The van der Waals surface area contributed by atoms with Crippen molar-refractivity contribution in [1.82, 2.24) is 15.8 Å². The number of carbonyl (C=O) groups is 3. The molecule has 9 heteroatoms. The van der Waals surface area contributed by atoms with Crippen molar-refractivity contribution in [3.8, 4) is 0 Å². The molecule has 1 aromatic rings. The van der Waals surface area contributed by atoms with Crippen LogP contribution < -0.4 is 10.6 Å². The fraction of sp³-hybridized carbons (Fsp3) is 0.333. The maximum absolute atomic E-state index is 11.2. The van der Waals surface area contributed by atoms with Gasteiger partial charge in [0.05, 0.1) is 6.54 Å². The van der Waals surface area contributed by atoms with Gasteiger partial charge in [0.25, 0.3) is 5.91 Å². The highest BCUT2D eigenvalue weighted by Gasteiger charge is 2.08. The van der Waals surface area contributed by atoms with E-state index in [0.717, 1.165) is 0 Å². The van der Waals surface area contributed by atoms with E-state index in [2.05, 4.69) is 19.7 Å². The Hall–Kier alpha value is -2.42. The van der Waals surface area contributed by atoms with Crippen molar-refractivity contribution in [3.05, 3.63) is 18.0 Å². The Kier molecular flexibility index (Phi) is 5.32. The van der Waals surface area contributed by atoms with E-state index in [1.165, 1.54) is 6.26 Å². The molecule has 0 saturated heterocycles. The predicted molar refractivity (Wildman–Crippen MR) is 55.3 cm³/mol. The van der Waals surface area contributed by atoms with Crippen molar-refractivity contribution in [1.29, 1.82) is 0 Å². The van der Waals surface area contributed by atoms with Gasteiger partial charge in [-0.05, 0) is 0 Å². The third kappa shape index (κ3) is 5.61. The molecular weight excluding hydrogens is 246 g/mol. The average molecular weight is 257 g/mol. The number of amides is 3. The summed E-state index contributed by atoms with van der Waals surface area (Å²) in [6.45, 7) is -1.01. The Morgan fingerprint density at radius 2 is 2.17 bits per heavy atom. The zero-order chi connectivity index (χ0) is 13.4. The first kappa shape index (κ1) is 13.6. The lowest BCUT2D eigenvalue weighted by atomic mass is 10.4. The third-order valence-corrected chi connectivity index (χ3v) is 1.63. The lowest BCUT2D eigenvalue weighted by molar-refractivity contribution is -0.143. The number of nitrogens with zero attached hydrogens (tertiary/aromatic N) is 1. The van der Waals surface area contributed by atoms with Gasteiger partial charge in [-0.3, -0.25) is 10.1 Å². The molecule has 0 unspecified atom stereocenters. The molecule has 0 aliphatic heterocycles. The highest BCUT2D eigenvalue weighted by atomic mass is 16.5. The van der Waals surface area contributed by atoms with Gasteiger partial charge in [0.2, 0.25) is 0 Å². The summed E-state index contributed by atoms with van der Waals surface area (Å²) in [6, 6.07) is 0.819. The van der Waals surface area contributed by atoms with Crippen LogP contribution in [0.15, 0.2) is 16.9 Å². The zero-order valence-corrected chi connectivity index (χ0v) is 9.21. The van der Waals surface area contributed by atoms with Crippen LogP contribution in [0.4, 0.5) is 4.79 Å². The number of imide groups is 1. The largest absolute Gasteiger partial charge is 0.480 e. The molecule has 3 N–H and O–H groups in total. The molecule has 0 radical (unpaired) electrons. The standard InChI is InChI=1S/C9H11N3O6/c13-7(4-17-5-8(14)15)11-9(16)10-3-6-1-2-18-12-6/h1-2H,3-5H2,(H,14,15)(H2,10,11,13,16). The summed E-state index contributed by atoms with van der Waals surface area (Å²) in [7, 11) is 0. The molecule has 0 fully saturated rings. The lowest BCUT2D eigenvalue weighted by Crippen LogP contribution is -2.41. The maximum Gasteiger partial charge on any atom is 0.329 e. The summed E-state index contributed by atoms with van der Waals surface area (Å²) in [5.74, 6) is -1.94. The first-order valence-corrected chi connectivity index (χ1v) is 4.84. The topological polar surface area (TPSA) is 131 Å². The van der Waals surface area contributed by atoms with Crippen LogP contribution >= 0.6 is 0 Å². The number of hydrogen-bond donors (Lipinski definition) is 3.